The molecular formula is C19H29BrO3Si. The molecule has 0 unspecified atom stereocenters. The highest BCUT2D eigenvalue weighted by atomic mass is 79.9. The molecule has 0 saturated carbocycles. The Morgan fingerprint density at radius 3 is 2.17 bits per heavy atom. The number of rotatable bonds is 6. The molecular weight excluding hydrogens is 384 g/mol. The molecule has 0 amide bonds. The first-order chi connectivity index (χ1) is 11.0. The van der Waals surface area contributed by atoms with Crippen LogP contribution in [0.4, 0.5) is 0 Å². The molecule has 134 valence electrons. The molecule has 1 aromatic carbocycles. The number of benzene rings is 1. The van der Waals surface area contributed by atoms with E-state index < -0.39 is 14.2 Å². The third-order valence-corrected chi connectivity index (χ3v) is 9.63. The van der Waals surface area contributed by atoms with Crippen molar-refractivity contribution in [2.75, 3.05) is 7.11 Å². The summed E-state index contributed by atoms with van der Waals surface area (Å²) in [7, 11) is -0.615. The summed E-state index contributed by atoms with van der Waals surface area (Å²) in [4.78, 5) is 12.5. The lowest BCUT2D eigenvalue weighted by Gasteiger charge is -2.40. The third-order valence-electron chi connectivity index (χ3n) is 4.63. The summed E-state index contributed by atoms with van der Waals surface area (Å²) in [6.07, 6.45) is 3.56. The molecule has 0 spiro atoms. The van der Waals surface area contributed by atoms with Crippen molar-refractivity contribution in [3.8, 4) is 0 Å². The molecule has 0 bridgehead atoms. The van der Waals surface area contributed by atoms with Crippen molar-refractivity contribution in [1.29, 1.82) is 0 Å². The van der Waals surface area contributed by atoms with Crippen LogP contribution >= 0.6 is 15.9 Å². The lowest BCUT2D eigenvalue weighted by atomic mass is 9.93. The number of carbonyl (C=O) groups is 1. The fourth-order valence-electron chi connectivity index (χ4n) is 2.18. The van der Waals surface area contributed by atoms with Gasteiger partial charge in [0.25, 0.3) is 0 Å². The third kappa shape index (κ3) is 5.29. The summed E-state index contributed by atoms with van der Waals surface area (Å²) in [5.74, 6) is -0.757. The Labute approximate surface area is 155 Å². The maximum atomic E-state index is 12.5. The van der Waals surface area contributed by atoms with E-state index >= 15 is 0 Å². The van der Waals surface area contributed by atoms with E-state index in [1.54, 1.807) is 0 Å². The Balaban J connectivity index is 3.29. The molecule has 3 nitrogen and oxygen atoms in total. The molecule has 0 radical (unpaired) electrons. The number of carbonyl (C=O) groups excluding carboxylic acids is 1. The summed E-state index contributed by atoms with van der Waals surface area (Å²) in [5.41, 5.74) is 0.895. The number of methoxy groups -OCH3 is 1. The van der Waals surface area contributed by atoms with Gasteiger partial charge in [0, 0.05) is 4.47 Å². The van der Waals surface area contributed by atoms with E-state index in [0.29, 0.717) is 0 Å². The number of halogens is 1. The second kappa shape index (κ2) is 8.45. The Kier molecular flexibility index (Phi) is 7.44. The molecule has 0 aliphatic carbocycles. The van der Waals surface area contributed by atoms with E-state index in [2.05, 4.69) is 49.8 Å². The normalized spacial score (nSPS) is 15.3. The summed E-state index contributed by atoms with van der Waals surface area (Å²) >= 11 is 3.44. The minimum absolute atomic E-state index is 0.0627. The van der Waals surface area contributed by atoms with E-state index in [4.69, 9.17) is 9.16 Å². The molecule has 1 rings (SSSR count). The average molecular weight is 413 g/mol. The molecule has 0 saturated heterocycles. The molecule has 1 aromatic rings. The van der Waals surface area contributed by atoms with Crippen molar-refractivity contribution in [3.05, 3.63) is 46.5 Å². The van der Waals surface area contributed by atoms with Crippen LogP contribution in [-0.2, 0) is 14.0 Å². The topological polar surface area (TPSA) is 35.5 Å². The van der Waals surface area contributed by atoms with Crippen LogP contribution in [-0.4, -0.2) is 27.5 Å². The van der Waals surface area contributed by atoms with Crippen LogP contribution in [0.1, 0.15) is 39.2 Å². The SMILES string of the molecule is C/C=C/[C@@H](O[Si](C)(C)C(C)(C)C)[C@@H](C(=O)OC)c1ccc(Br)cc1. The Bertz CT molecular complexity index is 573. The Morgan fingerprint density at radius 1 is 1.21 bits per heavy atom. The molecule has 24 heavy (non-hydrogen) atoms. The average Bonchev–Trinajstić information content (AvgIpc) is 2.48. The van der Waals surface area contributed by atoms with Crippen LogP contribution in [0.25, 0.3) is 0 Å². The zero-order chi connectivity index (χ0) is 18.5. The molecule has 2 atom stereocenters. The van der Waals surface area contributed by atoms with Gasteiger partial charge < -0.3 is 9.16 Å². The van der Waals surface area contributed by atoms with Gasteiger partial charge in [-0.05, 0) is 42.8 Å². The fraction of sp³-hybridized carbons (Fsp3) is 0.526. The maximum absolute atomic E-state index is 12.5. The van der Waals surface area contributed by atoms with Crippen LogP contribution in [0.5, 0.6) is 0 Å². The summed E-state index contributed by atoms with van der Waals surface area (Å²) in [6, 6.07) is 7.75. The highest BCUT2D eigenvalue weighted by Crippen LogP contribution is 2.39. The van der Waals surface area contributed by atoms with Crippen molar-refractivity contribution < 1.29 is 14.0 Å². The van der Waals surface area contributed by atoms with Gasteiger partial charge in [0.15, 0.2) is 8.32 Å². The summed E-state index contributed by atoms with van der Waals surface area (Å²) < 4.78 is 12.6. The number of ether oxygens (including phenoxy) is 1. The fourth-order valence-corrected chi connectivity index (χ4v) is 3.70. The van der Waals surface area contributed by atoms with Gasteiger partial charge in [-0.1, -0.05) is 61.0 Å². The van der Waals surface area contributed by atoms with Gasteiger partial charge in [0.1, 0.15) is 5.92 Å². The second-order valence-electron chi connectivity index (χ2n) is 7.42. The zero-order valence-electron chi connectivity index (χ0n) is 15.7. The van der Waals surface area contributed by atoms with E-state index in [1.165, 1.54) is 7.11 Å². The van der Waals surface area contributed by atoms with Crippen molar-refractivity contribution in [2.24, 2.45) is 0 Å². The summed E-state index contributed by atoms with van der Waals surface area (Å²) in [5, 5.41) is 0.0627. The zero-order valence-corrected chi connectivity index (χ0v) is 18.3. The first-order valence-electron chi connectivity index (χ1n) is 8.17. The van der Waals surface area contributed by atoms with Crippen molar-refractivity contribution in [3.63, 3.8) is 0 Å². The highest BCUT2D eigenvalue weighted by Gasteiger charge is 2.42. The van der Waals surface area contributed by atoms with Crippen LogP contribution in [0.15, 0.2) is 40.9 Å². The first-order valence-corrected chi connectivity index (χ1v) is 11.9. The lowest BCUT2D eigenvalue weighted by Crippen LogP contribution is -2.46. The van der Waals surface area contributed by atoms with Gasteiger partial charge >= 0.3 is 5.97 Å². The van der Waals surface area contributed by atoms with Gasteiger partial charge in [-0.2, -0.15) is 0 Å². The van der Waals surface area contributed by atoms with Crippen molar-refractivity contribution >= 4 is 30.2 Å². The number of hydrogen-bond acceptors (Lipinski definition) is 3. The number of esters is 1. The molecule has 0 fully saturated rings. The van der Waals surface area contributed by atoms with Gasteiger partial charge in [-0.25, -0.2) is 0 Å². The van der Waals surface area contributed by atoms with Crippen LogP contribution in [0, 0.1) is 0 Å². The lowest BCUT2D eigenvalue weighted by molar-refractivity contribution is -0.144. The maximum Gasteiger partial charge on any atom is 0.316 e. The second-order valence-corrected chi connectivity index (χ2v) is 13.1. The summed E-state index contributed by atoms with van der Waals surface area (Å²) in [6.45, 7) is 12.9. The van der Waals surface area contributed by atoms with Crippen molar-refractivity contribution in [1.82, 2.24) is 0 Å². The molecule has 0 heterocycles. The van der Waals surface area contributed by atoms with Gasteiger partial charge in [0.05, 0.1) is 13.2 Å². The molecule has 5 heteroatoms. The molecule has 0 N–H and O–H groups in total. The Hall–Kier alpha value is -0.913. The van der Waals surface area contributed by atoms with Crippen molar-refractivity contribution in [2.45, 2.75) is 57.8 Å². The van der Waals surface area contributed by atoms with Crippen LogP contribution < -0.4 is 0 Å². The largest absolute Gasteiger partial charge is 0.468 e. The minimum Gasteiger partial charge on any atom is -0.468 e. The highest BCUT2D eigenvalue weighted by molar-refractivity contribution is 9.10. The molecule has 0 aromatic heterocycles. The Morgan fingerprint density at radius 2 is 1.75 bits per heavy atom. The van der Waals surface area contributed by atoms with Gasteiger partial charge in [-0.15, -0.1) is 0 Å². The monoisotopic (exact) mass is 412 g/mol. The van der Waals surface area contributed by atoms with Gasteiger partial charge in [0.2, 0.25) is 0 Å². The molecule has 0 aliphatic rings. The quantitative estimate of drug-likeness (QED) is 0.342. The van der Waals surface area contributed by atoms with E-state index in [1.807, 2.05) is 43.3 Å². The smallest absolute Gasteiger partial charge is 0.316 e. The van der Waals surface area contributed by atoms with Gasteiger partial charge in [-0.3, -0.25) is 4.79 Å². The first kappa shape index (κ1) is 21.1. The minimum atomic E-state index is -2.04. The standard InChI is InChI=1S/C19H29BrO3Si/c1-8-9-16(23-24(6,7)19(2,3)4)17(18(21)22-5)14-10-12-15(20)13-11-14/h8-13,16-17H,1-7H3/b9-8+/t16-,17+/m1/s1. The predicted octanol–water partition coefficient (Wildman–Crippen LogP) is 5.67. The number of hydrogen-bond donors (Lipinski definition) is 0. The molecule has 0 aliphatic heterocycles. The van der Waals surface area contributed by atoms with E-state index in [-0.39, 0.29) is 17.1 Å². The van der Waals surface area contributed by atoms with E-state index in [9.17, 15) is 4.79 Å². The number of allylic oxidation sites excluding steroid dienone is 1. The predicted molar refractivity (Wildman–Crippen MR) is 106 cm³/mol. The van der Waals surface area contributed by atoms with Crippen LogP contribution in [0.2, 0.25) is 18.1 Å². The van der Waals surface area contributed by atoms with E-state index in [0.717, 1.165) is 10.0 Å². The van der Waals surface area contributed by atoms with Crippen LogP contribution in [0.3, 0.4) is 0 Å².